The molecule has 0 amide bonds. The summed E-state index contributed by atoms with van der Waals surface area (Å²) in [5.74, 6) is 0. The lowest BCUT2D eigenvalue weighted by Gasteiger charge is -2.01. The zero-order chi connectivity index (χ0) is 10.1. The summed E-state index contributed by atoms with van der Waals surface area (Å²) >= 11 is 22.4. The van der Waals surface area contributed by atoms with Crippen LogP contribution < -0.4 is 0 Å². The van der Waals surface area contributed by atoms with Crippen molar-refractivity contribution in [1.82, 2.24) is 0 Å². The molecule has 0 nitrogen and oxygen atoms in total. The number of alkyl halides is 4. The Kier molecular flexibility index (Phi) is 11.4. The van der Waals surface area contributed by atoms with Crippen molar-refractivity contribution in [2.75, 3.05) is 0 Å². The standard InChI is InChI=1S/C7H12Cl4Si2/c8-6(9)4-12-2-1-3-13-5-7(10)11/h6-7H,1-5H2. The van der Waals surface area contributed by atoms with E-state index in [-0.39, 0.29) is 9.67 Å². The number of rotatable bonds is 8. The van der Waals surface area contributed by atoms with Crippen molar-refractivity contribution in [2.24, 2.45) is 0 Å². The topological polar surface area (TPSA) is 0 Å². The molecule has 76 valence electrons. The van der Waals surface area contributed by atoms with E-state index in [2.05, 4.69) is 0 Å². The third kappa shape index (κ3) is 13.6. The summed E-state index contributed by atoms with van der Waals surface area (Å²) in [6.45, 7) is 0. The predicted molar refractivity (Wildman–Crippen MR) is 66.3 cm³/mol. The van der Waals surface area contributed by atoms with Gasteiger partial charge in [0.1, 0.15) is 9.67 Å². The second-order valence-electron chi connectivity index (χ2n) is 2.54. The molecule has 0 fully saturated rings. The Labute approximate surface area is 105 Å². The molecule has 0 unspecified atom stereocenters. The molecule has 0 bridgehead atoms. The van der Waals surface area contributed by atoms with Gasteiger partial charge in [0.25, 0.3) is 0 Å². The molecule has 0 rings (SSSR count). The maximum Gasteiger partial charge on any atom is 0.105 e. The Morgan fingerprint density at radius 2 is 1.15 bits per heavy atom. The summed E-state index contributed by atoms with van der Waals surface area (Å²) in [6, 6.07) is 4.33. The van der Waals surface area contributed by atoms with E-state index in [1.807, 2.05) is 0 Å². The van der Waals surface area contributed by atoms with Crippen LogP contribution in [0.5, 0.6) is 0 Å². The first-order chi connectivity index (χ1) is 6.13. The number of hydrogen-bond acceptors (Lipinski definition) is 0. The summed E-state index contributed by atoms with van der Waals surface area (Å²) < 4.78 is 0. The second-order valence-corrected chi connectivity index (χ2v) is 7.91. The van der Waals surface area contributed by atoms with Crippen LogP contribution >= 0.6 is 46.4 Å². The molecule has 0 N–H and O–H groups in total. The summed E-state index contributed by atoms with van der Waals surface area (Å²) in [5, 5.41) is 0. The fraction of sp³-hybridized carbons (Fsp3) is 1.00. The average molecular weight is 294 g/mol. The van der Waals surface area contributed by atoms with Gasteiger partial charge in [-0.15, -0.1) is 46.4 Å². The SMILES string of the molecule is ClC(Cl)C[Si]CCC[Si]CC(Cl)Cl. The second kappa shape index (κ2) is 10.1. The highest BCUT2D eigenvalue weighted by molar-refractivity contribution is 6.50. The molecule has 0 aromatic rings. The summed E-state index contributed by atoms with van der Waals surface area (Å²) in [7, 11) is 1.79. The summed E-state index contributed by atoms with van der Waals surface area (Å²) in [4.78, 5) is -0.369. The summed E-state index contributed by atoms with van der Waals surface area (Å²) in [5.41, 5.74) is 0. The highest BCUT2D eigenvalue weighted by Crippen LogP contribution is 2.11. The van der Waals surface area contributed by atoms with E-state index in [0.717, 1.165) is 31.1 Å². The smallest absolute Gasteiger partial charge is 0.105 e. The Morgan fingerprint density at radius 3 is 1.46 bits per heavy atom. The third-order valence-electron chi connectivity index (χ3n) is 1.30. The maximum absolute atomic E-state index is 5.60. The first-order valence-electron chi connectivity index (χ1n) is 4.10. The van der Waals surface area contributed by atoms with Gasteiger partial charge < -0.3 is 0 Å². The van der Waals surface area contributed by atoms with Crippen LogP contribution in [0.3, 0.4) is 0 Å². The van der Waals surface area contributed by atoms with Crippen LogP contribution in [0.1, 0.15) is 6.42 Å². The highest BCUT2D eigenvalue weighted by atomic mass is 35.5. The average Bonchev–Trinajstić information content (AvgIpc) is 2.01. The van der Waals surface area contributed by atoms with Crippen LogP contribution in [-0.4, -0.2) is 28.7 Å². The van der Waals surface area contributed by atoms with E-state index in [4.69, 9.17) is 46.4 Å². The minimum Gasteiger partial charge on any atom is -0.106 e. The Balaban J connectivity index is 2.92. The predicted octanol–water partition coefficient (Wildman–Crippen LogP) is 4.07. The van der Waals surface area contributed by atoms with Crippen LogP contribution in [0.25, 0.3) is 0 Å². The van der Waals surface area contributed by atoms with Gasteiger partial charge in [0.05, 0.1) is 0 Å². The molecule has 4 radical (unpaired) electrons. The van der Waals surface area contributed by atoms with E-state index < -0.39 is 0 Å². The van der Waals surface area contributed by atoms with Crippen LogP contribution in [-0.2, 0) is 0 Å². The molecule has 0 atom stereocenters. The van der Waals surface area contributed by atoms with E-state index in [9.17, 15) is 0 Å². The van der Waals surface area contributed by atoms with Crippen molar-refractivity contribution in [2.45, 2.75) is 40.3 Å². The zero-order valence-corrected chi connectivity index (χ0v) is 12.2. The van der Waals surface area contributed by atoms with Crippen LogP contribution in [0, 0.1) is 0 Å². The monoisotopic (exact) mass is 292 g/mol. The van der Waals surface area contributed by atoms with Crippen molar-refractivity contribution in [3.8, 4) is 0 Å². The normalized spacial score (nSPS) is 11.5. The van der Waals surface area contributed by atoms with E-state index in [1.165, 1.54) is 18.5 Å². The Bertz CT molecular complexity index is 98.7. The molecule has 0 saturated carbocycles. The molecular formula is C7H12Cl4Si2. The van der Waals surface area contributed by atoms with Gasteiger partial charge in [-0.1, -0.05) is 18.5 Å². The Morgan fingerprint density at radius 1 is 0.769 bits per heavy atom. The molecule has 0 aliphatic rings. The first-order valence-corrected chi connectivity index (χ1v) is 8.68. The molecule has 13 heavy (non-hydrogen) atoms. The molecule has 0 heterocycles. The lowest BCUT2D eigenvalue weighted by atomic mass is 10.6. The lowest BCUT2D eigenvalue weighted by molar-refractivity contribution is 1.04. The van der Waals surface area contributed by atoms with Gasteiger partial charge in [-0.3, -0.25) is 0 Å². The molecule has 0 aromatic carbocycles. The summed E-state index contributed by atoms with van der Waals surface area (Å²) in [6.07, 6.45) is 1.25. The van der Waals surface area contributed by atoms with Gasteiger partial charge in [-0.2, -0.15) is 0 Å². The molecule has 0 aliphatic heterocycles. The fourth-order valence-electron chi connectivity index (χ4n) is 0.761. The maximum atomic E-state index is 5.60. The molecule has 0 saturated heterocycles. The lowest BCUT2D eigenvalue weighted by Crippen LogP contribution is -1.98. The van der Waals surface area contributed by atoms with Crippen molar-refractivity contribution in [1.29, 1.82) is 0 Å². The molecule has 0 spiro atoms. The van der Waals surface area contributed by atoms with Gasteiger partial charge in [0.15, 0.2) is 0 Å². The van der Waals surface area contributed by atoms with Gasteiger partial charge in [0, 0.05) is 19.0 Å². The van der Waals surface area contributed by atoms with Crippen LogP contribution in [0.4, 0.5) is 0 Å². The van der Waals surface area contributed by atoms with Gasteiger partial charge in [-0.05, 0) is 12.1 Å². The van der Waals surface area contributed by atoms with Gasteiger partial charge in [-0.25, -0.2) is 0 Å². The van der Waals surface area contributed by atoms with Crippen LogP contribution in [0.15, 0.2) is 0 Å². The fourth-order valence-corrected chi connectivity index (χ4v) is 4.12. The van der Waals surface area contributed by atoms with E-state index in [1.54, 1.807) is 0 Å². The largest absolute Gasteiger partial charge is 0.106 e. The van der Waals surface area contributed by atoms with Gasteiger partial charge >= 0.3 is 0 Å². The quantitative estimate of drug-likeness (QED) is 0.360. The van der Waals surface area contributed by atoms with Crippen LogP contribution in [0.2, 0.25) is 24.2 Å². The third-order valence-corrected chi connectivity index (χ3v) is 5.76. The van der Waals surface area contributed by atoms with Crippen molar-refractivity contribution < 1.29 is 0 Å². The van der Waals surface area contributed by atoms with Crippen molar-refractivity contribution in [3.05, 3.63) is 0 Å². The molecular weight excluding hydrogens is 282 g/mol. The zero-order valence-electron chi connectivity index (χ0n) is 7.20. The minimum absolute atomic E-state index is 0.184. The molecule has 0 aliphatic carbocycles. The van der Waals surface area contributed by atoms with Crippen molar-refractivity contribution in [3.63, 3.8) is 0 Å². The molecule has 6 heteroatoms. The molecule has 0 aromatic heterocycles. The van der Waals surface area contributed by atoms with Crippen molar-refractivity contribution >= 4 is 65.4 Å². The van der Waals surface area contributed by atoms with Gasteiger partial charge in [0.2, 0.25) is 0 Å². The number of halogens is 4. The first kappa shape index (κ1) is 14.6. The number of hydrogen-bond donors (Lipinski definition) is 0. The Hall–Kier alpha value is 1.59. The minimum atomic E-state index is -0.184. The van der Waals surface area contributed by atoms with E-state index >= 15 is 0 Å². The highest BCUT2D eigenvalue weighted by Gasteiger charge is 2.01. The van der Waals surface area contributed by atoms with E-state index in [0.29, 0.717) is 0 Å².